The van der Waals surface area contributed by atoms with Crippen LogP contribution in [-0.4, -0.2) is 9.55 Å². The lowest BCUT2D eigenvalue weighted by molar-refractivity contribution is 0.769. The minimum atomic E-state index is -0.487. The van der Waals surface area contributed by atoms with Gasteiger partial charge in [0.05, 0.1) is 33.1 Å². The zero-order valence-electron chi connectivity index (χ0n) is 38.6. The molecule has 0 radical (unpaired) electrons. The number of pyridine rings is 1. The van der Waals surface area contributed by atoms with Crippen LogP contribution in [0.3, 0.4) is 0 Å². The lowest BCUT2D eigenvalue weighted by Gasteiger charge is -2.33. The van der Waals surface area contributed by atoms with Crippen molar-refractivity contribution < 1.29 is 0 Å². The van der Waals surface area contributed by atoms with Gasteiger partial charge in [-0.2, -0.15) is 0 Å². The Kier molecular flexibility index (Phi) is 7.78. The van der Waals surface area contributed by atoms with E-state index in [2.05, 4.69) is 259 Å². The summed E-state index contributed by atoms with van der Waals surface area (Å²) in [5, 5.41) is 6.05. The van der Waals surface area contributed by atoms with Gasteiger partial charge in [-0.15, -0.1) is 0 Å². The van der Waals surface area contributed by atoms with Crippen molar-refractivity contribution in [1.29, 1.82) is 0 Å². The molecule has 2 heteroatoms. The second-order valence-corrected chi connectivity index (χ2v) is 19.6. The van der Waals surface area contributed by atoms with Crippen LogP contribution in [0.2, 0.25) is 0 Å². The zero-order chi connectivity index (χ0) is 46.4. The van der Waals surface area contributed by atoms with E-state index in [0.717, 1.165) is 27.8 Å². The Labute approximate surface area is 411 Å². The molecule has 328 valence electrons. The predicted octanol–water partition coefficient (Wildman–Crippen LogP) is 16.9. The predicted molar refractivity (Wildman–Crippen MR) is 293 cm³/mol. The Bertz CT molecular complexity index is 4320. The minimum absolute atomic E-state index is 0.434. The highest BCUT2D eigenvalue weighted by molar-refractivity contribution is 6.20. The Morgan fingerprint density at radius 3 is 1.55 bits per heavy atom. The third-order valence-corrected chi connectivity index (χ3v) is 16.5. The van der Waals surface area contributed by atoms with Gasteiger partial charge in [0.25, 0.3) is 0 Å². The van der Waals surface area contributed by atoms with Gasteiger partial charge in [0.1, 0.15) is 0 Å². The largest absolute Gasteiger partial charge is 0.309 e. The van der Waals surface area contributed by atoms with Gasteiger partial charge >= 0.3 is 0 Å². The van der Waals surface area contributed by atoms with Gasteiger partial charge in [-0.1, -0.05) is 218 Å². The van der Waals surface area contributed by atoms with Crippen molar-refractivity contribution in [1.82, 2.24) is 9.55 Å². The number of benzene rings is 11. The highest BCUT2D eigenvalue weighted by Crippen LogP contribution is 2.64. The standard InChI is InChI=1S/C69H42N2/c1-3-21-44(22-4-1)68(45-23-5-2-6-24-45)56-32-13-9-28-49(56)54-42-64-55(41-61(54)68)50-29-12-18-37-63(50)71(64)46-25-19-20-43(40-46)67-53-38-39-60-66(65(53)52-31-11-17-36-62(52)70-67)51-30-10-16-35-59(51)69(60)57-33-14-7-26-47(57)48-27-8-15-34-58(48)69/h1-42H. The van der Waals surface area contributed by atoms with Crippen molar-refractivity contribution in [2.24, 2.45) is 0 Å². The van der Waals surface area contributed by atoms with Crippen LogP contribution < -0.4 is 0 Å². The second-order valence-electron chi connectivity index (χ2n) is 19.6. The maximum absolute atomic E-state index is 5.60. The fourth-order valence-electron chi connectivity index (χ4n) is 13.8. The van der Waals surface area contributed by atoms with Crippen LogP contribution in [0.25, 0.3) is 93.8 Å². The van der Waals surface area contributed by atoms with Gasteiger partial charge in [-0.3, -0.25) is 0 Å². The highest BCUT2D eigenvalue weighted by atomic mass is 15.0. The van der Waals surface area contributed by atoms with Crippen molar-refractivity contribution in [3.8, 4) is 50.3 Å². The summed E-state index contributed by atoms with van der Waals surface area (Å²) in [6.07, 6.45) is 0. The quantitative estimate of drug-likeness (QED) is 0.161. The molecule has 0 N–H and O–H groups in total. The molecular formula is C69H42N2. The van der Waals surface area contributed by atoms with E-state index in [4.69, 9.17) is 4.98 Å². The summed E-state index contributed by atoms with van der Waals surface area (Å²) in [6, 6.07) is 95.1. The first-order chi connectivity index (χ1) is 35.2. The molecule has 0 aliphatic heterocycles. The van der Waals surface area contributed by atoms with Crippen molar-refractivity contribution in [2.75, 3.05) is 0 Å². The number of hydrogen-bond acceptors (Lipinski definition) is 1. The van der Waals surface area contributed by atoms with Crippen LogP contribution >= 0.6 is 0 Å². The molecule has 11 aromatic carbocycles. The molecule has 0 fully saturated rings. The van der Waals surface area contributed by atoms with Crippen molar-refractivity contribution in [2.45, 2.75) is 10.8 Å². The van der Waals surface area contributed by atoms with Gasteiger partial charge in [-0.05, 0) is 114 Å². The molecule has 0 amide bonds. The molecule has 0 saturated heterocycles. The van der Waals surface area contributed by atoms with Gasteiger partial charge in [0.15, 0.2) is 0 Å². The van der Waals surface area contributed by atoms with Crippen LogP contribution in [0, 0.1) is 0 Å². The van der Waals surface area contributed by atoms with Crippen molar-refractivity contribution in [3.05, 3.63) is 299 Å². The lowest BCUT2D eigenvalue weighted by atomic mass is 9.67. The zero-order valence-corrected chi connectivity index (χ0v) is 38.6. The number of fused-ring (bicyclic) bond motifs is 20. The van der Waals surface area contributed by atoms with Crippen LogP contribution in [0.1, 0.15) is 44.5 Å². The van der Waals surface area contributed by atoms with Gasteiger partial charge in [0, 0.05) is 38.2 Å². The average Bonchev–Trinajstić information content (AvgIpc) is 4.13. The third-order valence-electron chi connectivity index (χ3n) is 16.5. The highest BCUT2D eigenvalue weighted by Gasteiger charge is 2.52. The fraction of sp³-hybridized carbons (Fsp3) is 0.0290. The van der Waals surface area contributed by atoms with Crippen LogP contribution in [0.15, 0.2) is 255 Å². The van der Waals surface area contributed by atoms with E-state index >= 15 is 0 Å². The first-order valence-electron chi connectivity index (χ1n) is 24.8. The normalized spacial score (nSPS) is 14.1. The first kappa shape index (κ1) is 38.8. The number of rotatable bonds is 4. The van der Waals surface area contributed by atoms with E-state index in [-0.39, 0.29) is 0 Å². The molecule has 0 bridgehead atoms. The Hall–Kier alpha value is -9.11. The van der Waals surface area contributed by atoms with Crippen LogP contribution in [0.4, 0.5) is 0 Å². The van der Waals surface area contributed by atoms with E-state index in [1.807, 2.05) is 0 Å². The summed E-state index contributed by atoms with van der Waals surface area (Å²) in [4.78, 5) is 5.60. The summed E-state index contributed by atoms with van der Waals surface area (Å²) in [7, 11) is 0. The van der Waals surface area contributed by atoms with Crippen LogP contribution in [0.5, 0.6) is 0 Å². The minimum Gasteiger partial charge on any atom is -0.309 e. The maximum Gasteiger partial charge on any atom is 0.0789 e. The smallest absolute Gasteiger partial charge is 0.0789 e. The van der Waals surface area contributed by atoms with E-state index < -0.39 is 10.8 Å². The van der Waals surface area contributed by atoms with Crippen molar-refractivity contribution >= 4 is 43.5 Å². The third kappa shape index (κ3) is 4.89. The molecule has 0 saturated carbocycles. The molecule has 1 spiro atoms. The van der Waals surface area contributed by atoms with E-state index in [9.17, 15) is 0 Å². The molecule has 13 aromatic rings. The number of para-hydroxylation sites is 2. The molecular weight excluding hydrogens is 857 g/mol. The average molecular weight is 899 g/mol. The molecule has 16 rings (SSSR count). The summed E-state index contributed by atoms with van der Waals surface area (Å²) in [5.41, 5.74) is 23.9. The summed E-state index contributed by atoms with van der Waals surface area (Å²) in [5.74, 6) is 0. The molecule has 3 aliphatic carbocycles. The number of aromatic nitrogens is 2. The van der Waals surface area contributed by atoms with Crippen LogP contribution in [-0.2, 0) is 10.8 Å². The van der Waals surface area contributed by atoms with E-state index in [1.165, 1.54) is 110 Å². The SMILES string of the molecule is c1ccc(C2(c3ccccc3)c3ccccc3-c3cc4c(cc32)c2ccccc2n4-c2cccc(-c3nc4ccccc4c4c5c(ccc34)C3(c4ccccc4-c4ccccc43)c3ccccc3-5)c2)cc1. The van der Waals surface area contributed by atoms with Crippen molar-refractivity contribution in [3.63, 3.8) is 0 Å². The molecule has 2 nitrogen and oxygen atoms in total. The molecule has 2 heterocycles. The molecule has 0 atom stereocenters. The fourth-order valence-corrected chi connectivity index (χ4v) is 13.8. The van der Waals surface area contributed by atoms with Gasteiger partial charge < -0.3 is 4.57 Å². The molecule has 3 aliphatic rings. The molecule has 0 unspecified atom stereocenters. The topological polar surface area (TPSA) is 17.8 Å². The lowest BCUT2D eigenvalue weighted by Crippen LogP contribution is -2.28. The number of hydrogen-bond donors (Lipinski definition) is 0. The number of nitrogens with zero attached hydrogens (tertiary/aromatic N) is 2. The van der Waals surface area contributed by atoms with E-state index in [1.54, 1.807) is 0 Å². The Morgan fingerprint density at radius 1 is 0.310 bits per heavy atom. The molecule has 2 aromatic heterocycles. The summed E-state index contributed by atoms with van der Waals surface area (Å²) in [6.45, 7) is 0. The van der Waals surface area contributed by atoms with E-state index in [0.29, 0.717) is 0 Å². The van der Waals surface area contributed by atoms with Gasteiger partial charge in [0.2, 0.25) is 0 Å². The second kappa shape index (κ2) is 14.2. The monoisotopic (exact) mass is 898 g/mol. The maximum atomic E-state index is 5.60. The Morgan fingerprint density at radius 2 is 0.859 bits per heavy atom. The van der Waals surface area contributed by atoms with Gasteiger partial charge in [-0.25, -0.2) is 4.98 Å². The molecule has 71 heavy (non-hydrogen) atoms. The summed E-state index contributed by atoms with van der Waals surface area (Å²) < 4.78 is 2.48. The Balaban J connectivity index is 0.948. The first-order valence-corrected chi connectivity index (χ1v) is 24.8. The summed E-state index contributed by atoms with van der Waals surface area (Å²) >= 11 is 0.